The van der Waals surface area contributed by atoms with Crippen LogP contribution in [0, 0.1) is 27.7 Å². The molecule has 0 spiro atoms. The molecule has 0 fully saturated rings. The average Bonchev–Trinajstić information content (AvgIpc) is 2.57. The van der Waals surface area contributed by atoms with Crippen molar-refractivity contribution in [3.05, 3.63) is 45.9 Å². The highest BCUT2D eigenvalue weighted by atomic mass is 15.2. The Bertz CT molecular complexity index is 978. The van der Waals surface area contributed by atoms with Gasteiger partial charge in [-0.3, -0.25) is 5.32 Å². The lowest BCUT2D eigenvalue weighted by atomic mass is 9.95. The van der Waals surface area contributed by atoms with Crippen LogP contribution >= 0.6 is 0 Å². The molecule has 0 aliphatic heterocycles. The first-order valence-corrected chi connectivity index (χ1v) is 8.90. The van der Waals surface area contributed by atoms with Crippen LogP contribution in [-0.2, 0) is 12.8 Å². The van der Waals surface area contributed by atoms with Gasteiger partial charge in [0.25, 0.3) is 0 Å². The van der Waals surface area contributed by atoms with Gasteiger partial charge in [-0.05, 0) is 82.2 Å². The van der Waals surface area contributed by atoms with E-state index in [1.54, 1.807) is 0 Å². The molecule has 0 amide bonds. The van der Waals surface area contributed by atoms with Crippen molar-refractivity contribution in [3.63, 3.8) is 0 Å². The molecule has 0 atom stereocenters. The van der Waals surface area contributed by atoms with Crippen LogP contribution < -0.4 is 5.32 Å². The van der Waals surface area contributed by atoms with Crippen LogP contribution in [0.5, 0.6) is 0 Å². The van der Waals surface area contributed by atoms with E-state index in [9.17, 15) is 0 Å². The predicted octanol–water partition coefficient (Wildman–Crippen LogP) is 4.28. The van der Waals surface area contributed by atoms with E-state index in [1.807, 2.05) is 6.92 Å². The Kier molecular flexibility index (Phi) is 3.86. The molecular formula is C20H23N5. The van der Waals surface area contributed by atoms with Crippen molar-refractivity contribution >= 4 is 22.8 Å². The molecule has 0 unspecified atom stereocenters. The molecule has 5 nitrogen and oxygen atoms in total. The first-order valence-electron chi connectivity index (χ1n) is 8.90. The molecule has 0 saturated carbocycles. The zero-order chi connectivity index (χ0) is 17.6. The summed E-state index contributed by atoms with van der Waals surface area (Å²) in [6, 6.07) is 4.27. The lowest BCUT2D eigenvalue weighted by Gasteiger charge is -2.17. The van der Waals surface area contributed by atoms with Gasteiger partial charge < -0.3 is 0 Å². The van der Waals surface area contributed by atoms with Crippen LogP contribution in [0.25, 0.3) is 10.9 Å². The van der Waals surface area contributed by atoms with Crippen molar-refractivity contribution < 1.29 is 0 Å². The quantitative estimate of drug-likeness (QED) is 0.758. The van der Waals surface area contributed by atoms with E-state index in [-0.39, 0.29) is 0 Å². The van der Waals surface area contributed by atoms with Crippen LogP contribution in [0.4, 0.5) is 11.9 Å². The third-order valence-corrected chi connectivity index (χ3v) is 5.12. The predicted molar refractivity (Wildman–Crippen MR) is 100 cm³/mol. The standard InChI is InChI=1S/C20H23N5/c1-11-9-16-14(4)22-20(24-18(16)10-12(11)2)25-19-21-13(3)15-7-5-6-8-17(15)23-19/h9-10H,5-8H2,1-4H3,(H,21,22,23,24,25). The molecule has 128 valence electrons. The second kappa shape index (κ2) is 6.06. The molecule has 0 radical (unpaired) electrons. The number of benzene rings is 1. The summed E-state index contributed by atoms with van der Waals surface area (Å²) in [5.41, 5.74) is 7.96. The number of aryl methyl sites for hydroxylation is 5. The van der Waals surface area contributed by atoms with Crippen molar-refractivity contribution in [1.82, 2.24) is 19.9 Å². The van der Waals surface area contributed by atoms with Crippen LogP contribution in [0.3, 0.4) is 0 Å². The highest BCUT2D eigenvalue weighted by molar-refractivity contribution is 5.83. The van der Waals surface area contributed by atoms with E-state index in [1.165, 1.54) is 35.2 Å². The van der Waals surface area contributed by atoms with E-state index in [0.29, 0.717) is 11.9 Å². The number of fused-ring (bicyclic) bond motifs is 2. The summed E-state index contributed by atoms with van der Waals surface area (Å²) in [6.07, 6.45) is 4.55. The first-order chi connectivity index (χ1) is 12.0. The maximum Gasteiger partial charge on any atom is 0.230 e. The van der Waals surface area contributed by atoms with E-state index in [2.05, 4.69) is 53.2 Å². The van der Waals surface area contributed by atoms with Crippen LogP contribution in [0.2, 0.25) is 0 Å². The van der Waals surface area contributed by atoms with Gasteiger partial charge >= 0.3 is 0 Å². The Morgan fingerprint density at radius 1 is 0.760 bits per heavy atom. The van der Waals surface area contributed by atoms with Gasteiger partial charge in [0.1, 0.15) is 0 Å². The molecule has 1 aliphatic carbocycles. The summed E-state index contributed by atoms with van der Waals surface area (Å²) in [6.45, 7) is 8.30. The van der Waals surface area contributed by atoms with Crippen molar-refractivity contribution in [1.29, 1.82) is 0 Å². The molecule has 1 N–H and O–H groups in total. The van der Waals surface area contributed by atoms with E-state index >= 15 is 0 Å². The van der Waals surface area contributed by atoms with Gasteiger partial charge in [0.05, 0.1) is 11.2 Å². The largest absolute Gasteiger partial charge is 0.293 e. The van der Waals surface area contributed by atoms with Crippen molar-refractivity contribution in [3.8, 4) is 0 Å². The fraction of sp³-hybridized carbons (Fsp3) is 0.400. The molecule has 0 bridgehead atoms. The van der Waals surface area contributed by atoms with Crippen LogP contribution in [0.1, 0.15) is 46.6 Å². The number of anilines is 2. The number of hydrogen-bond donors (Lipinski definition) is 1. The second-order valence-electron chi connectivity index (χ2n) is 6.98. The summed E-state index contributed by atoms with van der Waals surface area (Å²) >= 11 is 0. The minimum atomic E-state index is 0.559. The molecule has 0 saturated heterocycles. The minimum Gasteiger partial charge on any atom is -0.293 e. The van der Waals surface area contributed by atoms with Crippen LogP contribution in [-0.4, -0.2) is 19.9 Å². The Hall–Kier alpha value is -2.56. The zero-order valence-corrected chi connectivity index (χ0v) is 15.3. The highest BCUT2D eigenvalue weighted by Gasteiger charge is 2.16. The lowest BCUT2D eigenvalue weighted by Crippen LogP contribution is -2.12. The van der Waals surface area contributed by atoms with Gasteiger partial charge in [-0.25, -0.2) is 19.9 Å². The summed E-state index contributed by atoms with van der Waals surface area (Å²) in [5, 5.41) is 4.31. The normalized spacial score (nSPS) is 13.8. The molecule has 2 heterocycles. The first kappa shape index (κ1) is 15.9. The number of nitrogens with zero attached hydrogens (tertiary/aromatic N) is 4. The summed E-state index contributed by atoms with van der Waals surface area (Å²) in [5.74, 6) is 1.16. The maximum absolute atomic E-state index is 4.71. The minimum absolute atomic E-state index is 0.559. The monoisotopic (exact) mass is 333 g/mol. The van der Waals surface area contributed by atoms with Gasteiger partial charge in [0, 0.05) is 16.8 Å². The maximum atomic E-state index is 4.71. The lowest BCUT2D eigenvalue weighted by molar-refractivity contribution is 0.658. The molecule has 1 aliphatic rings. The molecule has 4 rings (SSSR count). The average molecular weight is 333 g/mol. The third kappa shape index (κ3) is 2.95. The Morgan fingerprint density at radius 3 is 2.28 bits per heavy atom. The molecule has 3 aromatic rings. The Morgan fingerprint density at radius 2 is 1.44 bits per heavy atom. The van der Waals surface area contributed by atoms with E-state index in [0.717, 1.165) is 35.1 Å². The molecule has 5 heteroatoms. The fourth-order valence-electron chi connectivity index (χ4n) is 3.53. The second-order valence-corrected chi connectivity index (χ2v) is 6.98. The number of rotatable bonds is 2. The van der Waals surface area contributed by atoms with Crippen LogP contribution in [0.15, 0.2) is 12.1 Å². The third-order valence-electron chi connectivity index (χ3n) is 5.12. The summed E-state index contributed by atoms with van der Waals surface area (Å²) in [4.78, 5) is 18.6. The highest BCUT2D eigenvalue weighted by Crippen LogP contribution is 2.25. The molecular weight excluding hydrogens is 310 g/mol. The van der Waals surface area contributed by atoms with E-state index < -0.39 is 0 Å². The topological polar surface area (TPSA) is 63.6 Å². The smallest absolute Gasteiger partial charge is 0.230 e. The van der Waals surface area contributed by atoms with Gasteiger partial charge in [-0.2, -0.15) is 0 Å². The Labute approximate surface area is 148 Å². The van der Waals surface area contributed by atoms with E-state index in [4.69, 9.17) is 4.98 Å². The Balaban J connectivity index is 1.73. The zero-order valence-electron chi connectivity index (χ0n) is 15.3. The van der Waals surface area contributed by atoms with Crippen molar-refractivity contribution in [2.24, 2.45) is 0 Å². The number of nitrogens with one attached hydrogen (secondary N) is 1. The molecule has 2 aromatic heterocycles. The van der Waals surface area contributed by atoms with Gasteiger partial charge in [-0.1, -0.05) is 0 Å². The summed E-state index contributed by atoms with van der Waals surface area (Å²) in [7, 11) is 0. The number of hydrogen-bond acceptors (Lipinski definition) is 5. The SMILES string of the molecule is Cc1cc2nc(Nc3nc(C)c4c(n3)CCCC4)nc(C)c2cc1C. The molecule has 1 aromatic carbocycles. The number of aromatic nitrogens is 4. The van der Waals surface area contributed by atoms with Gasteiger partial charge in [0.2, 0.25) is 11.9 Å². The van der Waals surface area contributed by atoms with Crippen molar-refractivity contribution in [2.75, 3.05) is 5.32 Å². The van der Waals surface area contributed by atoms with Gasteiger partial charge in [-0.15, -0.1) is 0 Å². The summed E-state index contributed by atoms with van der Waals surface area (Å²) < 4.78 is 0. The fourth-order valence-corrected chi connectivity index (χ4v) is 3.53. The van der Waals surface area contributed by atoms with Crippen molar-refractivity contribution in [2.45, 2.75) is 53.4 Å². The van der Waals surface area contributed by atoms with Gasteiger partial charge in [0.15, 0.2) is 0 Å². The molecule has 25 heavy (non-hydrogen) atoms.